The maximum Gasteiger partial charge on any atom is 0.134 e. The summed E-state index contributed by atoms with van der Waals surface area (Å²) >= 11 is 0. The van der Waals surface area contributed by atoms with Gasteiger partial charge in [-0.15, -0.1) is 0 Å². The van der Waals surface area contributed by atoms with Crippen molar-refractivity contribution in [1.82, 2.24) is 15.0 Å². The molecule has 0 aliphatic carbocycles. The second-order valence-corrected chi connectivity index (χ2v) is 5.47. The molecule has 2 aromatic heterocycles. The molecule has 0 atom stereocenters. The zero-order valence-electron chi connectivity index (χ0n) is 13.7. The lowest BCUT2D eigenvalue weighted by molar-refractivity contribution is 0.823. The van der Waals surface area contributed by atoms with E-state index in [1.807, 2.05) is 25.4 Å². The van der Waals surface area contributed by atoms with Crippen molar-refractivity contribution in [3.05, 3.63) is 42.0 Å². The molecule has 2 aromatic rings. The average Bonchev–Trinajstić information content (AvgIpc) is 2.53. The molecule has 0 radical (unpaired) electrons. The predicted molar refractivity (Wildman–Crippen MR) is 91.4 cm³/mol. The van der Waals surface area contributed by atoms with Crippen LogP contribution in [0.3, 0.4) is 0 Å². The first kappa shape index (κ1) is 16.2. The minimum absolute atomic E-state index is 0.798. The number of pyridine rings is 1. The zero-order chi connectivity index (χ0) is 15.8. The van der Waals surface area contributed by atoms with Crippen molar-refractivity contribution >= 4 is 11.6 Å². The number of nitrogens with one attached hydrogen (secondary N) is 1. The van der Waals surface area contributed by atoms with Gasteiger partial charge in [0, 0.05) is 38.6 Å². The fourth-order valence-corrected chi connectivity index (χ4v) is 2.19. The lowest BCUT2D eigenvalue weighted by Crippen LogP contribution is -2.22. The molecule has 0 aliphatic heterocycles. The molecule has 0 unspecified atom stereocenters. The van der Waals surface area contributed by atoms with Crippen LogP contribution in [0.15, 0.2) is 30.6 Å². The molecule has 0 fully saturated rings. The van der Waals surface area contributed by atoms with Gasteiger partial charge < -0.3 is 10.2 Å². The van der Waals surface area contributed by atoms with Crippen LogP contribution in [-0.2, 0) is 6.42 Å². The van der Waals surface area contributed by atoms with Crippen molar-refractivity contribution in [3.63, 3.8) is 0 Å². The molecule has 0 saturated carbocycles. The van der Waals surface area contributed by atoms with Gasteiger partial charge in [-0.2, -0.15) is 0 Å². The third-order valence-corrected chi connectivity index (χ3v) is 3.54. The molecule has 0 bridgehead atoms. The molecule has 1 N–H and O–H groups in total. The second-order valence-electron chi connectivity index (χ2n) is 5.47. The molecule has 2 rings (SSSR count). The van der Waals surface area contributed by atoms with Crippen LogP contribution < -0.4 is 10.2 Å². The van der Waals surface area contributed by atoms with Crippen molar-refractivity contribution in [2.45, 2.75) is 33.1 Å². The van der Waals surface area contributed by atoms with Gasteiger partial charge in [-0.1, -0.05) is 13.3 Å². The number of aryl methyl sites for hydroxylation is 1. The summed E-state index contributed by atoms with van der Waals surface area (Å²) in [5.74, 6) is 2.67. The average molecular weight is 299 g/mol. The van der Waals surface area contributed by atoms with Gasteiger partial charge in [0.05, 0.1) is 0 Å². The smallest absolute Gasteiger partial charge is 0.134 e. The van der Waals surface area contributed by atoms with Crippen LogP contribution in [0.2, 0.25) is 0 Å². The molecule has 2 heterocycles. The number of anilines is 2. The largest absolute Gasteiger partial charge is 0.370 e. The highest BCUT2D eigenvalue weighted by Gasteiger charge is 2.07. The Morgan fingerprint density at radius 2 is 1.95 bits per heavy atom. The van der Waals surface area contributed by atoms with Gasteiger partial charge in [-0.3, -0.25) is 4.98 Å². The van der Waals surface area contributed by atoms with E-state index in [2.05, 4.69) is 51.3 Å². The van der Waals surface area contributed by atoms with E-state index in [1.54, 1.807) is 0 Å². The van der Waals surface area contributed by atoms with Gasteiger partial charge in [0.15, 0.2) is 0 Å². The van der Waals surface area contributed by atoms with Gasteiger partial charge in [0.25, 0.3) is 0 Å². The fourth-order valence-electron chi connectivity index (χ4n) is 2.19. The van der Waals surface area contributed by atoms with Gasteiger partial charge >= 0.3 is 0 Å². The van der Waals surface area contributed by atoms with Crippen molar-refractivity contribution in [2.75, 3.05) is 30.4 Å². The summed E-state index contributed by atoms with van der Waals surface area (Å²) in [5, 5.41) is 3.37. The monoisotopic (exact) mass is 299 g/mol. The summed E-state index contributed by atoms with van der Waals surface area (Å²) in [4.78, 5) is 15.2. The molecular formula is C17H25N5. The minimum Gasteiger partial charge on any atom is -0.370 e. The number of aromatic nitrogens is 3. The van der Waals surface area contributed by atoms with Crippen LogP contribution in [0.5, 0.6) is 0 Å². The molecule has 5 heteroatoms. The summed E-state index contributed by atoms with van der Waals surface area (Å²) in [6, 6.07) is 6.13. The maximum absolute atomic E-state index is 4.54. The molecular weight excluding hydrogens is 274 g/mol. The van der Waals surface area contributed by atoms with Gasteiger partial charge in [-0.25, -0.2) is 9.97 Å². The zero-order valence-corrected chi connectivity index (χ0v) is 13.7. The SMILES string of the molecule is CCCCNc1cc(N(C)CCc2ccncc2)nc(C)n1. The van der Waals surface area contributed by atoms with Crippen molar-refractivity contribution in [2.24, 2.45) is 0 Å². The van der Waals surface area contributed by atoms with Crippen molar-refractivity contribution in [3.8, 4) is 0 Å². The Labute approximate surface area is 132 Å². The summed E-state index contributed by atoms with van der Waals surface area (Å²) in [5.41, 5.74) is 1.29. The highest BCUT2D eigenvalue weighted by atomic mass is 15.2. The summed E-state index contributed by atoms with van der Waals surface area (Å²) in [7, 11) is 2.07. The van der Waals surface area contributed by atoms with Crippen molar-refractivity contribution < 1.29 is 0 Å². The molecule has 0 aromatic carbocycles. The maximum atomic E-state index is 4.54. The predicted octanol–water partition coefficient (Wildman–Crippen LogP) is 3.07. The van der Waals surface area contributed by atoms with Crippen LogP contribution in [-0.4, -0.2) is 35.1 Å². The third-order valence-electron chi connectivity index (χ3n) is 3.54. The normalized spacial score (nSPS) is 10.5. The first-order valence-corrected chi connectivity index (χ1v) is 7.88. The lowest BCUT2D eigenvalue weighted by Gasteiger charge is -2.19. The molecule has 5 nitrogen and oxygen atoms in total. The standard InChI is InChI=1S/C17H25N5/c1-4-5-9-19-16-13-17(21-14(2)20-16)22(3)12-8-15-6-10-18-11-7-15/h6-7,10-11,13H,4-5,8-9,12H2,1-3H3,(H,19,20,21). The number of hydrogen-bond acceptors (Lipinski definition) is 5. The van der Waals surface area contributed by atoms with Crippen LogP contribution in [0, 0.1) is 6.92 Å². The summed E-state index contributed by atoms with van der Waals surface area (Å²) < 4.78 is 0. The number of unbranched alkanes of at least 4 members (excludes halogenated alkanes) is 1. The highest BCUT2D eigenvalue weighted by Crippen LogP contribution is 2.15. The Morgan fingerprint density at radius 1 is 1.18 bits per heavy atom. The van der Waals surface area contributed by atoms with Crippen LogP contribution in [0.25, 0.3) is 0 Å². The number of hydrogen-bond donors (Lipinski definition) is 1. The third kappa shape index (κ3) is 4.98. The van der Waals surface area contributed by atoms with E-state index in [-0.39, 0.29) is 0 Å². The van der Waals surface area contributed by atoms with E-state index >= 15 is 0 Å². The van der Waals surface area contributed by atoms with E-state index in [4.69, 9.17) is 0 Å². The Hall–Kier alpha value is -2.17. The highest BCUT2D eigenvalue weighted by molar-refractivity contribution is 5.49. The molecule has 118 valence electrons. The number of nitrogens with zero attached hydrogens (tertiary/aromatic N) is 4. The first-order chi connectivity index (χ1) is 10.7. The van der Waals surface area contributed by atoms with Gasteiger partial charge in [-0.05, 0) is 37.5 Å². The topological polar surface area (TPSA) is 53.9 Å². The number of likely N-dealkylation sites (N-methyl/N-ethyl adjacent to an activating group) is 1. The molecule has 0 spiro atoms. The summed E-state index contributed by atoms with van der Waals surface area (Å²) in [6.45, 7) is 5.98. The van der Waals surface area contributed by atoms with E-state index in [0.29, 0.717) is 0 Å². The summed E-state index contributed by atoms with van der Waals surface area (Å²) in [6.07, 6.45) is 6.96. The first-order valence-electron chi connectivity index (χ1n) is 7.88. The van der Waals surface area contributed by atoms with E-state index in [0.717, 1.165) is 43.4 Å². The van der Waals surface area contributed by atoms with Gasteiger partial charge in [0.1, 0.15) is 17.5 Å². The van der Waals surface area contributed by atoms with E-state index < -0.39 is 0 Å². The van der Waals surface area contributed by atoms with Gasteiger partial charge in [0.2, 0.25) is 0 Å². The Balaban J connectivity index is 1.97. The Morgan fingerprint density at radius 3 is 2.68 bits per heavy atom. The Bertz CT molecular complexity index is 571. The van der Waals surface area contributed by atoms with Crippen LogP contribution >= 0.6 is 0 Å². The lowest BCUT2D eigenvalue weighted by atomic mass is 10.2. The Kier molecular flexibility index (Phi) is 6.13. The van der Waals surface area contributed by atoms with E-state index in [9.17, 15) is 0 Å². The molecule has 0 amide bonds. The quantitative estimate of drug-likeness (QED) is 0.759. The molecule has 22 heavy (non-hydrogen) atoms. The van der Waals surface area contributed by atoms with Crippen LogP contribution in [0.4, 0.5) is 11.6 Å². The molecule has 0 aliphatic rings. The van der Waals surface area contributed by atoms with E-state index in [1.165, 1.54) is 12.0 Å². The fraction of sp³-hybridized carbons (Fsp3) is 0.471. The second kappa shape index (κ2) is 8.32. The molecule has 0 saturated heterocycles. The number of rotatable bonds is 8. The van der Waals surface area contributed by atoms with Crippen LogP contribution in [0.1, 0.15) is 31.2 Å². The van der Waals surface area contributed by atoms with Crippen molar-refractivity contribution in [1.29, 1.82) is 0 Å². The minimum atomic E-state index is 0.798.